The molecule has 0 bridgehead atoms. The highest BCUT2D eigenvalue weighted by Crippen LogP contribution is 2.36. The monoisotopic (exact) mass is 533 g/mol. The average Bonchev–Trinajstić information content (AvgIpc) is 2.88. The van der Waals surface area contributed by atoms with Gasteiger partial charge in [-0.15, -0.1) is 6.42 Å². The molecule has 0 unspecified atom stereocenters. The third-order valence-corrected chi connectivity index (χ3v) is 5.48. The van der Waals surface area contributed by atoms with Gasteiger partial charge in [-0.1, -0.05) is 54.5 Å². The van der Waals surface area contributed by atoms with Crippen molar-refractivity contribution in [3.63, 3.8) is 0 Å². The molecule has 0 aliphatic carbocycles. The van der Waals surface area contributed by atoms with Crippen molar-refractivity contribution in [1.82, 2.24) is 10.7 Å². The van der Waals surface area contributed by atoms with E-state index in [0.29, 0.717) is 27.1 Å². The summed E-state index contributed by atoms with van der Waals surface area (Å²) in [6.45, 7) is 0.0991. The van der Waals surface area contributed by atoms with Gasteiger partial charge in [0.2, 0.25) is 5.91 Å². The summed E-state index contributed by atoms with van der Waals surface area (Å²) in [6, 6.07) is 21.1. The lowest BCUT2D eigenvalue weighted by Crippen LogP contribution is -2.32. The Morgan fingerprint density at radius 3 is 2.46 bits per heavy atom. The van der Waals surface area contributed by atoms with Crippen LogP contribution >= 0.6 is 15.9 Å². The number of terminal acetylenes is 1. The fourth-order valence-corrected chi connectivity index (χ4v) is 3.82. The van der Waals surface area contributed by atoms with Crippen molar-refractivity contribution in [3.8, 4) is 23.8 Å². The first-order chi connectivity index (χ1) is 17.0. The van der Waals surface area contributed by atoms with Gasteiger partial charge in [-0.3, -0.25) is 9.59 Å². The maximum Gasteiger partial charge on any atom is 0.251 e. The maximum atomic E-state index is 12.7. The molecule has 3 aromatic carbocycles. The molecule has 35 heavy (non-hydrogen) atoms. The predicted octanol–water partition coefficient (Wildman–Crippen LogP) is 4.48. The number of carbonyl (C=O) groups excluding carboxylic acids is 2. The van der Waals surface area contributed by atoms with Crippen molar-refractivity contribution in [3.05, 3.63) is 94.0 Å². The van der Waals surface area contributed by atoms with Crippen molar-refractivity contribution in [2.75, 3.05) is 13.7 Å². The quantitative estimate of drug-likeness (QED) is 0.228. The molecule has 0 fully saturated rings. The fourth-order valence-electron chi connectivity index (χ4n) is 3.25. The minimum absolute atomic E-state index is 0.00576. The van der Waals surface area contributed by atoms with Gasteiger partial charge >= 0.3 is 0 Å². The lowest BCUT2D eigenvalue weighted by Gasteiger charge is -2.18. The molecule has 3 rings (SSSR count). The molecule has 2 N–H and O–H groups in total. The normalized spacial score (nSPS) is 11.3. The van der Waals surface area contributed by atoms with Crippen LogP contribution in [0, 0.1) is 12.3 Å². The molecular formula is C27H24BrN3O4. The van der Waals surface area contributed by atoms with Crippen molar-refractivity contribution < 1.29 is 19.1 Å². The minimum Gasteiger partial charge on any atom is -0.493 e. The molecule has 0 spiro atoms. The number of nitrogens with one attached hydrogen (secondary N) is 2. The lowest BCUT2D eigenvalue weighted by molar-refractivity contribution is -0.121. The lowest BCUT2D eigenvalue weighted by atomic mass is 10.0. The van der Waals surface area contributed by atoms with Gasteiger partial charge in [0.1, 0.15) is 6.61 Å². The summed E-state index contributed by atoms with van der Waals surface area (Å²) in [6.07, 6.45) is 6.74. The molecule has 7 nitrogen and oxygen atoms in total. The highest BCUT2D eigenvalue weighted by atomic mass is 79.9. The third kappa shape index (κ3) is 7.45. The summed E-state index contributed by atoms with van der Waals surface area (Å²) >= 11 is 3.43. The van der Waals surface area contributed by atoms with Gasteiger partial charge in [-0.25, -0.2) is 5.43 Å². The van der Waals surface area contributed by atoms with E-state index in [2.05, 4.69) is 37.7 Å². The van der Waals surface area contributed by atoms with E-state index < -0.39 is 6.04 Å². The molecule has 0 aliphatic heterocycles. The summed E-state index contributed by atoms with van der Waals surface area (Å²) in [5, 5.41) is 6.98. The molecule has 0 aromatic heterocycles. The molecule has 2 amide bonds. The van der Waals surface area contributed by atoms with Crippen LogP contribution in [-0.2, 0) is 4.79 Å². The summed E-state index contributed by atoms with van der Waals surface area (Å²) in [7, 11) is 1.51. The van der Waals surface area contributed by atoms with Gasteiger partial charge in [0.15, 0.2) is 11.5 Å². The predicted molar refractivity (Wildman–Crippen MR) is 138 cm³/mol. The van der Waals surface area contributed by atoms with E-state index >= 15 is 0 Å². The smallest absolute Gasteiger partial charge is 0.251 e. The Kier molecular flexibility index (Phi) is 9.46. The van der Waals surface area contributed by atoms with Crippen LogP contribution in [0.4, 0.5) is 0 Å². The molecule has 178 valence electrons. The van der Waals surface area contributed by atoms with Crippen LogP contribution < -0.4 is 20.2 Å². The number of methoxy groups -OCH3 is 1. The molecular weight excluding hydrogens is 510 g/mol. The molecule has 0 saturated heterocycles. The number of benzene rings is 3. The molecule has 0 aliphatic rings. The highest BCUT2D eigenvalue weighted by Gasteiger charge is 2.19. The first kappa shape index (κ1) is 25.5. The number of hydrazone groups is 1. The third-order valence-electron chi connectivity index (χ3n) is 4.89. The van der Waals surface area contributed by atoms with E-state index in [0.717, 1.165) is 5.56 Å². The number of nitrogens with zero attached hydrogens (tertiary/aromatic N) is 1. The van der Waals surface area contributed by atoms with Gasteiger partial charge < -0.3 is 14.8 Å². The first-order valence-corrected chi connectivity index (χ1v) is 11.5. The Bertz CT molecular complexity index is 1220. The fraction of sp³-hybridized carbons (Fsp3) is 0.148. The second-order valence-corrected chi connectivity index (χ2v) is 8.18. The van der Waals surface area contributed by atoms with E-state index in [1.165, 1.54) is 13.3 Å². The van der Waals surface area contributed by atoms with Crippen LogP contribution in [0.15, 0.2) is 82.4 Å². The Morgan fingerprint density at radius 1 is 1.11 bits per heavy atom. The number of halogens is 1. The standard InChI is InChI=1S/C27H24BrN3O4/c1-3-14-35-26-22(28)15-19(16-24(26)34-2)18-29-31-25(32)17-23(20-10-6-4-7-11-20)30-27(33)21-12-8-5-9-13-21/h1,4-13,15-16,18,23H,14,17H2,2H3,(H,30,33)(H,31,32)/b29-18-/t23-/m0/s1. The molecule has 0 saturated carbocycles. The number of hydrogen-bond acceptors (Lipinski definition) is 5. The number of amides is 2. The van der Waals surface area contributed by atoms with E-state index in [1.54, 1.807) is 36.4 Å². The van der Waals surface area contributed by atoms with Crippen molar-refractivity contribution in [2.45, 2.75) is 12.5 Å². The second-order valence-electron chi connectivity index (χ2n) is 7.33. The summed E-state index contributed by atoms with van der Waals surface area (Å²) in [4.78, 5) is 25.3. The van der Waals surface area contributed by atoms with E-state index in [-0.39, 0.29) is 24.8 Å². The molecule has 0 heterocycles. The van der Waals surface area contributed by atoms with E-state index in [9.17, 15) is 9.59 Å². The van der Waals surface area contributed by atoms with Gasteiger partial charge in [-0.05, 0) is 51.3 Å². The first-order valence-electron chi connectivity index (χ1n) is 10.7. The minimum atomic E-state index is -0.527. The van der Waals surface area contributed by atoms with Crippen LogP contribution in [0.3, 0.4) is 0 Å². The summed E-state index contributed by atoms with van der Waals surface area (Å²) < 4.78 is 11.5. The van der Waals surface area contributed by atoms with Gasteiger partial charge in [0.05, 0.1) is 30.3 Å². The van der Waals surface area contributed by atoms with Crippen LogP contribution in [0.5, 0.6) is 11.5 Å². The maximum absolute atomic E-state index is 12.7. The second kappa shape index (κ2) is 13.0. The van der Waals surface area contributed by atoms with Crippen molar-refractivity contribution >= 4 is 34.0 Å². The summed E-state index contributed by atoms with van der Waals surface area (Å²) in [5.41, 5.74) is 4.51. The Balaban J connectivity index is 1.68. The largest absolute Gasteiger partial charge is 0.493 e. The average molecular weight is 534 g/mol. The number of carbonyl (C=O) groups is 2. The zero-order valence-electron chi connectivity index (χ0n) is 19.0. The van der Waals surface area contributed by atoms with Gasteiger partial charge in [0, 0.05) is 5.56 Å². The van der Waals surface area contributed by atoms with Crippen molar-refractivity contribution in [2.24, 2.45) is 5.10 Å². The molecule has 0 radical (unpaired) electrons. The van der Waals surface area contributed by atoms with Crippen LogP contribution in [0.25, 0.3) is 0 Å². The van der Waals surface area contributed by atoms with E-state index in [4.69, 9.17) is 15.9 Å². The topological polar surface area (TPSA) is 89.0 Å². The van der Waals surface area contributed by atoms with Crippen LogP contribution in [0.2, 0.25) is 0 Å². The molecule has 8 heteroatoms. The van der Waals surface area contributed by atoms with Crippen LogP contribution in [0.1, 0.15) is 33.9 Å². The highest BCUT2D eigenvalue weighted by molar-refractivity contribution is 9.10. The zero-order chi connectivity index (χ0) is 25.0. The Morgan fingerprint density at radius 2 is 1.80 bits per heavy atom. The van der Waals surface area contributed by atoms with Crippen molar-refractivity contribution in [1.29, 1.82) is 0 Å². The van der Waals surface area contributed by atoms with E-state index in [1.807, 2.05) is 36.4 Å². The SMILES string of the molecule is C#CCOc1c(Br)cc(/C=N\NC(=O)C[C@H](NC(=O)c2ccccc2)c2ccccc2)cc1OC. The summed E-state index contributed by atoms with van der Waals surface area (Å²) in [5.74, 6) is 2.73. The number of ether oxygens (including phenoxy) is 2. The number of hydrogen-bond donors (Lipinski definition) is 2. The Labute approximate surface area is 212 Å². The van der Waals surface area contributed by atoms with Crippen LogP contribution in [-0.4, -0.2) is 31.7 Å². The molecule has 3 aromatic rings. The van der Waals surface area contributed by atoms with Gasteiger partial charge in [0.25, 0.3) is 5.91 Å². The molecule has 1 atom stereocenters. The zero-order valence-corrected chi connectivity index (χ0v) is 20.6. The van der Waals surface area contributed by atoms with Gasteiger partial charge in [-0.2, -0.15) is 5.10 Å². The Hall–Kier alpha value is -4.09. The number of rotatable bonds is 10.